The van der Waals surface area contributed by atoms with Crippen LogP contribution in [-0.4, -0.2) is 14.8 Å². The second-order valence-corrected chi connectivity index (χ2v) is 9.14. The van der Waals surface area contributed by atoms with E-state index in [1.54, 1.807) is 35.1 Å². The summed E-state index contributed by atoms with van der Waals surface area (Å²) in [6.45, 7) is 5.71. The van der Waals surface area contributed by atoms with Crippen LogP contribution in [0.25, 0.3) is 38.6 Å². The van der Waals surface area contributed by atoms with Gasteiger partial charge in [0.2, 0.25) is 0 Å². The van der Waals surface area contributed by atoms with Crippen LogP contribution in [0, 0.1) is 26.6 Å². The maximum Gasteiger partial charge on any atom is 0.193 e. The van der Waals surface area contributed by atoms with Gasteiger partial charge in [0.1, 0.15) is 22.9 Å². The Labute approximate surface area is 191 Å². The number of benzene rings is 2. The van der Waals surface area contributed by atoms with Crippen molar-refractivity contribution in [2.75, 3.05) is 0 Å². The Bertz CT molecular complexity index is 1550. The van der Waals surface area contributed by atoms with Crippen LogP contribution < -0.4 is 5.43 Å². The van der Waals surface area contributed by atoms with Gasteiger partial charge in [-0.1, -0.05) is 11.6 Å². The first-order chi connectivity index (χ1) is 15.3. The lowest BCUT2D eigenvalue weighted by atomic mass is 10.1. The highest BCUT2D eigenvalue weighted by Gasteiger charge is 2.21. The Balaban J connectivity index is 1.77. The second-order valence-electron chi connectivity index (χ2n) is 7.53. The maximum atomic E-state index is 13.4. The molecule has 5 nitrogen and oxygen atoms in total. The SMILES string of the molecule is Cc1nc(C)c(-c2nn(-c3ccc(F)cc3)cc2-c2cc(=O)c3cc(Cl)c(C)cc3o2)s1. The van der Waals surface area contributed by atoms with E-state index < -0.39 is 0 Å². The molecule has 0 saturated carbocycles. The van der Waals surface area contributed by atoms with Crippen LogP contribution >= 0.6 is 22.9 Å². The number of aromatic nitrogens is 3. The summed E-state index contributed by atoms with van der Waals surface area (Å²) in [7, 11) is 0. The molecule has 2 aromatic carbocycles. The smallest absolute Gasteiger partial charge is 0.193 e. The summed E-state index contributed by atoms with van der Waals surface area (Å²) in [5.74, 6) is 0.0582. The predicted octanol–water partition coefficient (Wildman–Crippen LogP) is 6.49. The lowest BCUT2D eigenvalue weighted by Crippen LogP contribution is -2.01. The van der Waals surface area contributed by atoms with E-state index in [9.17, 15) is 9.18 Å². The molecule has 0 unspecified atom stereocenters. The Morgan fingerprint density at radius 3 is 2.53 bits per heavy atom. The molecule has 0 bridgehead atoms. The minimum atomic E-state index is -0.329. The Hall–Kier alpha value is -3.29. The molecular weight excluding hydrogens is 449 g/mol. The highest BCUT2D eigenvalue weighted by atomic mass is 35.5. The third kappa shape index (κ3) is 3.53. The monoisotopic (exact) mass is 465 g/mol. The minimum absolute atomic E-state index is 0.194. The van der Waals surface area contributed by atoms with Crippen molar-refractivity contribution in [2.45, 2.75) is 20.8 Å². The van der Waals surface area contributed by atoms with Gasteiger partial charge in [-0.25, -0.2) is 14.1 Å². The molecule has 5 aromatic rings. The van der Waals surface area contributed by atoms with Crippen molar-refractivity contribution in [2.24, 2.45) is 0 Å². The normalized spacial score (nSPS) is 11.4. The van der Waals surface area contributed by atoms with E-state index in [0.29, 0.717) is 38.7 Å². The van der Waals surface area contributed by atoms with Gasteiger partial charge in [0.05, 0.1) is 32.2 Å². The van der Waals surface area contributed by atoms with Crippen molar-refractivity contribution in [3.63, 3.8) is 0 Å². The van der Waals surface area contributed by atoms with E-state index in [0.717, 1.165) is 21.1 Å². The molecule has 0 aliphatic carbocycles. The Morgan fingerprint density at radius 1 is 1.09 bits per heavy atom. The quantitative estimate of drug-likeness (QED) is 0.305. The summed E-state index contributed by atoms with van der Waals surface area (Å²) in [6, 6.07) is 10.9. The number of nitrogens with zero attached hydrogens (tertiary/aromatic N) is 3. The summed E-state index contributed by atoms with van der Waals surface area (Å²) in [5, 5.41) is 6.59. The highest BCUT2D eigenvalue weighted by molar-refractivity contribution is 7.15. The third-order valence-electron chi connectivity index (χ3n) is 5.20. The van der Waals surface area contributed by atoms with Crippen molar-refractivity contribution in [1.29, 1.82) is 0 Å². The van der Waals surface area contributed by atoms with Crippen molar-refractivity contribution in [1.82, 2.24) is 14.8 Å². The van der Waals surface area contributed by atoms with E-state index >= 15 is 0 Å². The topological polar surface area (TPSA) is 60.9 Å². The van der Waals surface area contributed by atoms with Crippen molar-refractivity contribution in [3.8, 4) is 27.6 Å². The van der Waals surface area contributed by atoms with Crippen LogP contribution in [0.3, 0.4) is 0 Å². The van der Waals surface area contributed by atoms with Crippen molar-refractivity contribution < 1.29 is 8.81 Å². The van der Waals surface area contributed by atoms with Crippen LogP contribution in [0.4, 0.5) is 4.39 Å². The van der Waals surface area contributed by atoms with E-state index in [2.05, 4.69) is 4.98 Å². The first-order valence-corrected chi connectivity index (χ1v) is 11.0. The number of aryl methyl sites for hydroxylation is 3. The zero-order valence-corrected chi connectivity index (χ0v) is 19.0. The fraction of sp³-hybridized carbons (Fsp3) is 0.125. The van der Waals surface area contributed by atoms with Gasteiger partial charge in [-0.3, -0.25) is 4.79 Å². The number of fused-ring (bicyclic) bond motifs is 1. The molecule has 0 atom stereocenters. The summed E-state index contributed by atoms with van der Waals surface area (Å²) in [6.07, 6.45) is 1.78. The number of rotatable bonds is 3. The molecule has 3 aromatic heterocycles. The molecule has 0 amide bonds. The predicted molar refractivity (Wildman–Crippen MR) is 125 cm³/mol. The summed E-state index contributed by atoms with van der Waals surface area (Å²) in [5.41, 5.74) is 3.88. The standard InChI is InChI=1S/C24H17ClFN3O2S/c1-12-8-21-17(9-19(12)25)20(30)10-22(31-21)18-11-29(16-6-4-15(26)5-7-16)28-23(18)24-13(2)27-14(3)32-24/h4-11H,1-3H3. The van der Waals surface area contributed by atoms with E-state index in [4.69, 9.17) is 21.1 Å². The van der Waals surface area contributed by atoms with Gasteiger partial charge in [0.15, 0.2) is 5.43 Å². The minimum Gasteiger partial charge on any atom is -0.456 e. The molecule has 32 heavy (non-hydrogen) atoms. The van der Waals surface area contributed by atoms with Crippen LogP contribution in [0.1, 0.15) is 16.3 Å². The van der Waals surface area contributed by atoms with Gasteiger partial charge in [-0.05, 0) is 62.7 Å². The summed E-state index contributed by atoms with van der Waals surface area (Å²) < 4.78 is 21.2. The van der Waals surface area contributed by atoms with Gasteiger partial charge in [0, 0.05) is 17.3 Å². The van der Waals surface area contributed by atoms with Crippen LogP contribution in [0.2, 0.25) is 5.02 Å². The Kier molecular flexibility index (Phi) is 4.95. The van der Waals surface area contributed by atoms with Crippen LogP contribution in [-0.2, 0) is 0 Å². The fourth-order valence-electron chi connectivity index (χ4n) is 3.61. The summed E-state index contributed by atoms with van der Waals surface area (Å²) >= 11 is 7.71. The van der Waals surface area contributed by atoms with E-state index in [1.165, 1.54) is 29.5 Å². The Morgan fingerprint density at radius 2 is 1.84 bits per heavy atom. The lowest BCUT2D eigenvalue weighted by Gasteiger charge is -2.05. The van der Waals surface area contributed by atoms with Gasteiger partial charge in [-0.15, -0.1) is 11.3 Å². The molecular formula is C24H17ClFN3O2S. The molecule has 5 rings (SSSR count). The number of hydrogen-bond donors (Lipinski definition) is 0. The zero-order valence-electron chi connectivity index (χ0n) is 17.4. The first kappa shape index (κ1) is 20.6. The number of hydrogen-bond acceptors (Lipinski definition) is 5. The molecule has 0 radical (unpaired) electrons. The molecule has 0 saturated heterocycles. The van der Waals surface area contributed by atoms with Gasteiger partial charge < -0.3 is 4.42 Å². The van der Waals surface area contributed by atoms with Crippen molar-refractivity contribution in [3.05, 3.63) is 86.0 Å². The second kappa shape index (κ2) is 7.69. The van der Waals surface area contributed by atoms with Crippen LogP contribution in [0.5, 0.6) is 0 Å². The average molecular weight is 466 g/mol. The number of thiazole rings is 1. The molecule has 0 N–H and O–H groups in total. The average Bonchev–Trinajstić information content (AvgIpc) is 3.32. The maximum absolute atomic E-state index is 13.4. The van der Waals surface area contributed by atoms with Crippen LogP contribution in [0.15, 0.2) is 57.9 Å². The lowest BCUT2D eigenvalue weighted by molar-refractivity contribution is 0.618. The molecule has 0 aliphatic rings. The molecule has 3 heterocycles. The highest BCUT2D eigenvalue weighted by Crippen LogP contribution is 2.37. The first-order valence-electron chi connectivity index (χ1n) is 9.84. The van der Waals surface area contributed by atoms with Gasteiger partial charge in [-0.2, -0.15) is 5.10 Å². The molecule has 0 aliphatic heterocycles. The number of halogens is 2. The summed E-state index contributed by atoms with van der Waals surface area (Å²) in [4.78, 5) is 18.3. The molecule has 0 spiro atoms. The fourth-order valence-corrected chi connectivity index (χ4v) is 4.69. The van der Waals surface area contributed by atoms with Gasteiger partial charge in [0.25, 0.3) is 0 Å². The third-order valence-corrected chi connectivity index (χ3v) is 6.68. The molecule has 160 valence electrons. The van der Waals surface area contributed by atoms with Gasteiger partial charge >= 0.3 is 0 Å². The molecule has 0 fully saturated rings. The largest absolute Gasteiger partial charge is 0.456 e. The van der Waals surface area contributed by atoms with Crippen molar-refractivity contribution >= 4 is 33.9 Å². The van der Waals surface area contributed by atoms with E-state index in [1.807, 2.05) is 20.8 Å². The zero-order chi connectivity index (χ0) is 22.6. The van der Waals surface area contributed by atoms with E-state index in [-0.39, 0.29) is 11.2 Å². The molecule has 8 heteroatoms.